The molecular formula is C21H29IN6O. The third-order valence-corrected chi connectivity index (χ3v) is 4.36. The van der Waals surface area contributed by atoms with Gasteiger partial charge < -0.3 is 19.6 Å². The number of oxazole rings is 1. The molecule has 156 valence electrons. The lowest BCUT2D eigenvalue weighted by molar-refractivity contribution is 0.376. The molecule has 0 radical (unpaired) electrons. The van der Waals surface area contributed by atoms with Crippen LogP contribution in [-0.2, 0) is 18.5 Å². The normalized spacial score (nSPS) is 11.8. The molecule has 0 spiro atoms. The minimum atomic E-state index is -0.0561. The predicted octanol–water partition coefficient (Wildman–Crippen LogP) is 4.19. The van der Waals surface area contributed by atoms with Crippen molar-refractivity contribution in [3.05, 3.63) is 60.2 Å². The summed E-state index contributed by atoms with van der Waals surface area (Å²) in [6, 6.07) is 10.2. The Morgan fingerprint density at radius 3 is 2.52 bits per heavy atom. The number of nitrogens with zero attached hydrogens (tertiary/aromatic N) is 4. The van der Waals surface area contributed by atoms with Gasteiger partial charge in [0.15, 0.2) is 5.96 Å². The van der Waals surface area contributed by atoms with Crippen molar-refractivity contribution in [1.29, 1.82) is 0 Å². The standard InChI is InChI=1S/C21H28N6O.HI/c1-21(2,3)17-12-24-19(28-17)13-25-20(22-4)27(5)14-18-23-11-16(26-18)15-9-7-6-8-10-15;/h6-12H,13-14H2,1-5H3,(H,22,25)(H,23,26);1H. The molecule has 2 heterocycles. The topological polar surface area (TPSA) is 82.3 Å². The summed E-state index contributed by atoms with van der Waals surface area (Å²) in [5, 5.41) is 3.29. The van der Waals surface area contributed by atoms with Gasteiger partial charge in [-0.15, -0.1) is 24.0 Å². The Labute approximate surface area is 189 Å². The smallest absolute Gasteiger partial charge is 0.213 e. The number of aromatic nitrogens is 3. The highest BCUT2D eigenvalue weighted by Gasteiger charge is 2.19. The molecule has 2 aromatic heterocycles. The number of aromatic amines is 1. The van der Waals surface area contributed by atoms with Gasteiger partial charge in [-0.3, -0.25) is 4.99 Å². The summed E-state index contributed by atoms with van der Waals surface area (Å²) in [6.45, 7) is 7.38. The lowest BCUT2D eigenvalue weighted by Gasteiger charge is -2.20. The molecule has 8 heteroatoms. The van der Waals surface area contributed by atoms with Crippen molar-refractivity contribution in [2.45, 2.75) is 39.3 Å². The highest BCUT2D eigenvalue weighted by molar-refractivity contribution is 14.0. The molecule has 0 amide bonds. The average Bonchev–Trinajstić information content (AvgIpc) is 3.32. The Hall–Kier alpha value is -2.36. The molecule has 0 unspecified atom stereocenters. The molecule has 7 nitrogen and oxygen atoms in total. The van der Waals surface area contributed by atoms with Crippen LogP contribution in [0.5, 0.6) is 0 Å². The zero-order chi connectivity index (χ0) is 20.1. The van der Waals surface area contributed by atoms with Crippen molar-refractivity contribution in [3.63, 3.8) is 0 Å². The van der Waals surface area contributed by atoms with Gasteiger partial charge in [-0.25, -0.2) is 9.97 Å². The van der Waals surface area contributed by atoms with Crippen molar-refractivity contribution in [2.75, 3.05) is 14.1 Å². The third kappa shape index (κ3) is 6.06. The molecule has 29 heavy (non-hydrogen) atoms. The van der Waals surface area contributed by atoms with Crippen LogP contribution >= 0.6 is 24.0 Å². The van der Waals surface area contributed by atoms with E-state index in [1.807, 2.05) is 36.3 Å². The largest absolute Gasteiger partial charge is 0.443 e. The maximum Gasteiger partial charge on any atom is 0.213 e. The molecule has 0 bridgehead atoms. The van der Waals surface area contributed by atoms with Crippen LogP contribution in [0.15, 0.2) is 52.1 Å². The van der Waals surface area contributed by atoms with Crippen LogP contribution in [-0.4, -0.2) is 39.9 Å². The number of benzene rings is 1. The molecule has 0 saturated carbocycles. The molecular weight excluding hydrogens is 479 g/mol. The number of aliphatic imine (C=N–C) groups is 1. The molecule has 0 atom stereocenters. The minimum Gasteiger partial charge on any atom is -0.443 e. The zero-order valence-corrected chi connectivity index (χ0v) is 19.9. The first-order valence-electron chi connectivity index (χ1n) is 9.33. The fourth-order valence-electron chi connectivity index (χ4n) is 2.78. The Balaban J connectivity index is 0.00000300. The fourth-order valence-corrected chi connectivity index (χ4v) is 2.78. The summed E-state index contributed by atoms with van der Waals surface area (Å²) >= 11 is 0. The van der Waals surface area contributed by atoms with Gasteiger partial charge in [-0.05, 0) is 5.56 Å². The third-order valence-electron chi connectivity index (χ3n) is 4.36. The van der Waals surface area contributed by atoms with Crippen LogP contribution < -0.4 is 5.32 Å². The average molecular weight is 508 g/mol. The van der Waals surface area contributed by atoms with Gasteiger partial charge in [0.25, 0.3) is 0 Å². The quantitative estimate of drug-likeness (QED) is 0.307. The van der Waals surface area contributed by atoms with Gasteiger partial charge in [-0.2, -0.15) is 0 Å². The maximum atomic E-state index is 5.83. The van der Waals surface area contributed by atoms with Crippen LogP contribution in [0, 0.1) is 0 Å². The molecule has 0 aliphatic rings. The van der Waals surface area contributed by atoms with Gasteiger partial charge in [0.1, 0.15) is 11.6 Å². The summed E-state index contributed by atoms with van der Waals surface area (Å²) in [5.74, 6) is 3.13. The number of rotatable bonds is 5. The molecule has 3 aromatic rings. The summed E-state index contributed by atoms with van der Waals surface area (Å²) in [5.41, 5.74) is 2.06. The van der Waals surface area contributed by atoms with E-state index in [1.54, 1.807) is 13.2 Å². The van der Waals surface area contributed by atoms with Crippen molar-refractivity contribution >= 4 is 29.9 Å². The van der Waals surface area contributed by atoms with Gasteiger partial charge in [0, 0.05) is 19.5 Å². The van der Waals surface area contributed by atoms with E-state index in [0.717, 1.165) is 28.8 Å². The molecule has 0 saturated heterocycles. The monoisotopic (exact) mass is 508 g/mol. The van der Waals surface area contributed by atoms with E-state index in [1.165, 1.54) is 0 Å². The van der Waals surface area contributed by atoms with Crippen LogP contribution in [0.2, 0.25) is 0 Å². The zero-order valence-electron chi connectivity index (χ0n) is 17.6. The van der Waals surface area contributed by atoms with Crippen LogP contribution in [0.25, 0.3) is 11.3 Å². The fraction of sp³-hybridized carbons (Fsp3) is 0.381. The second kappa shape index (κ2) is 9.91. The summed E-state index contributed by atoms with van der Waals surface area (Å²) in [6.07, 6.45) is 3.65. The maximum absolute atomic E-state index is 5.83. The van der Waals surface area contributed by atoms with E-state index in [0.29, 0.717) is 19.0 Å². The highest BCUT2D eigenvalue weighted by Crippen LogP contribution is 2.22. The van der Waals surface area contributed by atoms with E-state index in [4.69, 9.17) is 4.42 Å². The minimum absolute atomic E-state index is 0. The second-order valence-electron chi connectivity index (χ2n) is 7.73. The van der Waals surface area contributed by atoms with Crippen molar-refractivity contribution in [1.82, 2.24) is 25.2 Å². The Morgan fingerprint density at radius 1 is 1.17 bits per heavy atom. The molecule has 2 N–H and O–H groups in total. The van der Waals surface area contributed by atoms with E-state index in [9.17, 15) is 0 Å². The second-order valence-corrected chi connectivity index (χ2v) is 7.73. The highest BCUT2D eigenvalue weighted by atomic mass is 127. The molecule has 3 rings (SSSR count). The first-order chi connectivity index (χ1) is 13.4. The number of guanidine groups is 1. The first-order valence-corrected chi connectivity index (χ1v) is 9.33. The van der Waals surface area contributed by atoms with Gasteiger partial charge in [-0.1, -0.05) is 51.1 Å². The van der Waals surface area contributed by atoms with Crippen LogP contribution in [0.3, 0.4) is 0 Å². The van der Waals surface area contributed by atoms with Crippen molar-refractivity contribution in [3.8, 4) is 11.3 Å². The number of halogens is 1. The Kier molecular flexibility index (Phi) is 7.83. The van der Waals surface area contributed by atoms with Crippen LogP contribution in [0.4, 0.5) is 0 Å². The number of hydrogen-bond acceptors (Lipinski definition) is 4. The number of imidazole rings is 1. The lowest BCUT2D eigenvalue weighted by atomic mass is 9.94. The Morgan fingerprint density at radius 2 is 1.90 bits per heavy atom. The van der Waals surface area contributed by atoms with Gasteiger partial charge >= 0.3 is 0 Å². The molecule has 1 aromatic carbocycles. The summed E-state index contributed by atoms with van der Waals surface area (Å²) < 4.78 is 5.83. The number of hydrogen-bond donors (Lipinski definition) is 2. The molecule has 0 aliphatic carbocycles. The SMILES string of the molecule is CN=C(NCc1ncc(C(C)(C)C)o1)N(C)Cc1ncc(-c2ccccc2)[nH]1.I. The van der Waals surface area contributed by atoms with Crippen molar-refractivity contribution < 1.29 is 4.42 Å². The van der Waals surface area contributed by atoms with Crippen LogP contribution in [0.1, 0.15) is 38.2 Å². The van der Waals surface area contributed by atoms with E-state index in [2.05, 4.69) is 58.2 Å². The number of H-pyrrole nitrogens is 1. The first kappa shape index (κ1) is 22.9. The Bertz CT molecular complexity index is 926. The predicted molar refractivity (Wildman–Crippen MR) is 126 cm³/mol. The van der Waals surface area contributed by atoms with Crippen molar-refractivity contribution in [2.24, 2.45) is 4.99 Å². The van der Waals surface area contributed by atoms with Gasteiger partial charge in [0.2, 0.25) is 5.89 Å². The molecule has 0 aliphatic heterocycles. The lowest BCUT2D eigenvalue weighted by Crippen LogP contribution is -2.38. The summed E-state index contributed by atoms with van der Waals surface area (Å²) in [7, 11) is 3.72. The summed E-state index contributed by atoms with van der Waals surface area (Å²) in [4.78, 5) is 18.5. The number of nitrogens with one attached hydrogen (secondary N) is 2. The van der Waals surface area contributed by atoms with E-state index >= 15 is 0 Å². The van der Waals surface area contributed by atoms with E-state index in [-0.39, 0.29) is 29.4 Å². The molecule has 0 fully saturated rings. The van der Waals surface area contributed by atoms with Gasteiger partial charge in [0.05, 0.1) is 31.2 Å². The van der Waals surface area contributed by atoms with E-state index < -0.39 is 0 Å².